The second kappa shape index (κ2) is 5.18. The van der Waals surface area contributed by atoms with Gasteiger partial charge in [-0.15, -0.1) is 0 Å². The summed E-state index contributed by atoms with van der Waals surface area (Å²) in [5, 5.41) is 1.20. The van der Waals surface area contributed by atoms with Crippen LogP contribution in [-0.2, 0) is 0 Å². The predicted molar refractivity (Wildman–Crippen MR) is 69.5 cm³/mol. The van der Waals surface area contributed by atoms with Crippen LogP contribution in [0.25, 0.3) is 0 Å². The van der Waals surface area contributed by atoms with Gasteiger partial charge in [-0.05, 0) is 17.7 Å². The van der Waals surface area contributed by atoms with Crippen molar-refractivity contribution in [2.45, 2.75) is 29.9 Å². The Bertz CT molecular complexity index is 610. The molecule has 6 nitrogen and oxygen atoms in total. The van der Waals surface area contributed by atoms with Crippen LogP contribution < -0.4 is 11.3 Å². The van der Waals surface area contributed by atoms with Crippen molar-refractivity contribution >= 4 is 17.6 Å². The van der Waals surface area contributed by atoms with E-state index in [1.54, 1.807) is 0 Å². The third kappa shape index (κ3) is 2.67. The molecule has 0 amide bonds. The summed E-state index contributed by atoms with van der Waals surface area (Å²) in [6, 6.07) is 1.36. The minimum Gasteiger partial charge on any atom is -0.383 e. The maximum atomic E-state index is 11.2. The molecule has 0 atom stereocenters. The van der Waals surface area contributed by atoms with Crippen molar-refractivity contribution in [3.8, 4) is 0 Å². The number of hydrogen-bond acceptors (Lipinski definition) is 6. The SMILES string of the molecule is CC(C)c1c(N)ncnc1Sc1nccc(=O)[nH]1. The van der Waals surface area contributed by atoms with Crippen LogP contribution in [0.3, 0.4) is 0 Å². The van der Waals surface area contributed by atoms with E-state index in [1.165, 1.54) is 30.4 Å². The van der Waals surface area contributed by atoms with Crippen molar-refractivity contribution < 1.29 is 0 Å². The second-order valence-electron chi connectivity index (χ2n) is 3.97. The third-order valence-electron chi connectivity index (χ3n) is 2.30. The van der Waals surface area contributed by atoms with Gasteiger partial charge in [-0.3, -0.25) is 4.79 Å². The number of anilines is 1. The van der Waals surface area contributed by atoms with Gasteiger partial charge in [0, 0.05) is 17.8 Å². The molecule has 0 saturated heterocycles. The van der Waals surface area contributed by atoms with Crippen LogP contribution in [-0.4, -0.2) is 19.9 Å². The molecule has 0 saturated carbocycles. The van der Waals surface area contributed by atoms with E-state index in [0.29, 0.717) is 16.0 Å². The first-order valence-corrected chi connectivity index (χ1v) is 6.23. The van der Waals surface area contributed by atoms with Crippen LogP contribution in [0.5, 0.6) is 0 Å². The topological polar surface area (TPSA) is 97.5 Å². The smallest absolute Gasteiger partial charge is 0.251 e. The van der Waals surface area contributed by atoms with E-state index < -0.39 is 0 Å². The molecule has 2 heterocycles. The van der Waals surface area contributed by atoms with Crippen molar-refractivity contribution in [2.75, 3.05) is 5.73 Å². The summed E-state index contributed by atoms with van der Waals surface area (Å²) < 4.78 is 0. The van der Waals surface area contributed by atoms with Crippen LogP contribution in [0, 0.1) is 0 Å². The van der Waals surface area contributed by atoms with Crippen molar-refractivity contribution in [3.63, 3.8) is 0 Å². The molecular formula is C11H13N5OS. The molecule has 0 unspecified atom stereocenters. The molecule has 0 bridgehead atoms. The second-order valence-corrected chi connectivity index (χ2v) is 4.95. The fraction of sp³-hybridized carbons (Fsp3) is 0.273. The molecule has 2 rings (SSSR count). The lowest BCUT2D eigenvalue weighted by molar-refractivity contribution is 0.805. The van der Waals surface area contributed by atoms with Crippen molar-refractivity contribution in [3.05, 3.63) is 34.5 Å². The van der Waals surface area contributed by atoms with Crippen molar-refractivity contribution in [1.29, 1.82) is 0 Å². The fourth-order valence-corrected chi connectivity index (χ4v) is 2.51. The van der Waals surface area contributed by atoms with Crippen LogP contribution >= 0.6 is 11.8 Å². The average molecular weight is 263 g/mol. The fourth-order valence-electron chi connectivity index (χ4n) is 1.51. The molecule has 2 aromatic rings. The molecular weight excluding hydrogens is 250 g/mol. The Balaban J connectivity index is 2.40. The highest BCUT2D eigenvalue weighted by Gasteiger charge is 2.14. The number of rotatable bonds is 3. The number of nitrogens with two attached hydrogens (primary N) is 1. The van der Waals surface area contributed by atoms with Gasteiger partial charge in [0.15, 0.2) is 5.16 Å². The van der Waals surface area contributed by atoms with Crippen molar-refractivity contribution in [1.82, 2.24) is 19.9 Å². The van der Waals surface area contributed by atoms with Gasteiger partial charge >= 0.3 is 0 Å². The molecule has 0 fully saturated rings. The quantitative estimate of drug-likeness (QED) is 0.642. The van der Waals surface area contributed by atoms with Gasteiger partial charge < -0.3 is 10.7 Å². The van der Waals surface area contributed by atoms with Gasteiger partial charge in [0.25, 0.3) is 5.56 Å². The van der Waals surface area contributed by atoms with Crippen LogP contribution in [0.15, 0.2) is 33.6 Å². The lowest BCUT2D eigenvalue weighted by Gasteiger charge is -2.12. The van der Waals surface area contributed by atoms with Gasteiger partial charge in [-0.2, -0.15) is 0 Å². The molecule has 3 N–H and O–H groups in total. The number of aromatic nitrogens is 4. The zero-order chi connectivity index (χ0) is 13.1. The summed E-state index contributed by atoms with van der Waals surface area (Å²) in [6.07, 6.45) is 2.87. The van der Waals surface area contributed by atoms with E-state index in [2.05, 4.69) is 19.9 Å². The number of aromatic amines is 1. The third-order valence-corrected chi connectivity index (χ3v) is 3.22. The first-order chi connectivity index (χ1) is 8.58. The minimum atomic E-state index is -0.194. The van der Waals surface area contributed by atoms with E-state index in [0.717, 1.165) is 5.56 Å². The first kappa shape index (κ1) is 12.6. The number of H-pyrrole nitrogens is 1. The molecule has 0 aliphatic carbocycles. The van der Waals surface area contributed by atoms with Crippen LogP contribution in [0.2, 0.25) is 0 Å². The Morgan fingerprint density at radius 1 is 1.33 bits per heavy atom. The number of nitrogen functional groups attached to an aromatic ring is 1. The maximum absolute atomic E-state index is 11.2. The van der Waals surface area contributed by atoms with E-state index in [-0.39, 0.29) is 11.5 Å². The molecule has 2 aromatic heterocycles. The number of nitrogens with zero attached hydrogens (tertiary/aromatic N) is 3. The molecule has 94 valence electrons. The van der Waals surface area contributed by atoms with Gasteiger partial charge in [0.2, 0.25) is 0 Å². The average Bonchev–Trinajstić information content (AvgIpc) is 2.28. The molecule has 0 radical (unpaired) electrons. The highest BCUT2D eigenvalue weighted by atomic mass is 32.2. The van der Waals surface area contributed by atoms with Gasteiger partial charge in [-0.1, -0.05) is 13.8 Å². The Hall–Kier alpha value is -1.89. The summed E-state index contributed by atoms with van der Waals surface area (Å²) >= 11 is 1.27. The molecule has 7 heteroatoms. The summed E-state index contributed by atoms with van der Waals surface area (Å²) in [4.78, 5) is 26.1. The number of hydrogen-bond donors (Lipinski definition) is 2. The van der Waals surface area contributed by atoms with E-state index in [4.69, 9.17) is 5.73 Å². The summed E-state index contributed by atoms with van der Waals surface area (Å²) in [6.45, 7) is 4.03. The molecule has 0 aliphatic heterocycles. The van der Waals surface area contributed by atoms with Crippen LogP contribution in [0.4, 0.5) is 5.82 Å². The Labute approximate surface area is 108 Å². The molecule has 18 heavy (non-hydrogen) atoms. The van der Waals surface area contributed by atoms with Crippen LogP contribution in [0.1, 0.15) is 25.3 Å². The highest BCUT2D eigenvalue weighted by molar-refractivity contribution is 7.99. The molecule has 0 aliphatic rings. The summed E-state index contributed by atoms with van der Waals surface area (Å²) in [5.74, 6) is 0.657. The van der Waals surface area contributed by atoms with E-state index in [9.17, 15) is 4.79 Å². The molecule has 0 spiro atoms. The van der Waals surface area contributed by atoms with Gasteiger partial charge in [-0.25, -0.2) is 15.0 Å². The zero-order valence-electron chi connectivity index (χ0n) is 10.0. The minimum absolute atomic E-state index is 0.194. The lowest BCUT2D eigenvalue weighted by atomic mass is 10.1. The zero-order valence-corrected chi connectivity index (χ0v) is 10.9. The monoisotopic (exact) mass is 263 g/mol. The molecule has 0 aromatic carbocycles. The van der Waals surface area contributed by atoms with Gasteiger partial charge in [0.05, 0.1) is 0 Å². The van der Waals surface area contributed by atoms with E-state index in [1.807, 2.05) is 13.8 Å². The Morgan fingerprint density at radius 2 is 2.11 bits per heavy atom. The number of nitrogens with one attached hydrogen (secondary N) is 1. The van der Waals surface area contributed by atoms with E-state index >= 15 is 0 Å². The maximum Gasteiger partial charge on any atom is 0.251 e. The standard InChI is InChI=1S/C11H13N5OS/c1-6(2)8-9(12)14-5-15-10(8)18-11-13-4-3-7(17)16-11/h3-6H,1-2H3,(H2,12,14,15)(H,13,16,17). The van der Waals surface area contributed by atoms with Gasteiger partial charge in [0.1, 0.15) is 17.2 Å². The summed E-state index contributed by atoms with van der Waals surface area (Å²) in [7, 11) is 0. The largest absolute Gasteiger partial charge is 0.383 e. The normalized spacial score (nSPS) is 10.8. The highest BCUT2D eigenvalue weighted by Crippen LogP contribution is 2.32. The summed E-state index contributed by atoms with van der Waals surface area (Å²) in [5.41, 5.74) is 6.52. The Morgan fingerprint density at radius 3 is 2.78 bits per heavy atom. The first-order valence-electron chi connectivity index (χ1n) is 5.41. The van der Waals surface area contributed by atoms with Crippen molar-refractivity contribution in [2.24, 2.45) is 0 Å². The lowest BCUT2D eigenvalue weighted by Crippen LogP contribution is -2.07. The predicted octanol–water partition coefficient (Wildman–Crippen LogP) is 1.42. The Kier molecular flexibility index (Phi) is 3.61.